The van der Waals surface area contributed by atoms with Gasteiger partial charge in [-0.05, 0) is 28.7 Å². The minimum Gasteiger partial charge on any atom is -0.319 e. The van der Waals surface area contributed by atoms with Crippen LogP contribution in [-0.4, -0.2) is 9.13 Å². The van der Waals surface area contributed by atoms with E-state index in [0.29, 0.717) is 6.54 Å². The van der Waals surface area contributed by atoms with Crippen LogP contribution in [0.5, 0.6) is 0 Å². The fraction of sp³-hybridized carbons (Fsp3) is 0.474. The van der Waals surface area contributed by atoms with Crippen molar-refractivity contribution in [3.05, 3.63) is 68.5 Å². The Labute approximate surface area is 137 Å². The van der Waals surface area contributed by atoms with E-state index in [-0.39, 0.29) is 21.9 Å². The van der Waals surface area contributed by atoms with E-state index in [2.05, 4.69) is 20.8 Å². The molecule has 0 aliphatic heterocycles. The molecule has 0 saturated carbocycles. The van der Waals surface area contributed by atoms with Crippen LogP contribution < -0.4 is 11.1 Å². The first-order chi connectivity index (χ1) is 10.5. The van der Waals surface area contributed by atoms with Crippen LogP contribution in [-0.2, 0) is 24.4 Å². The summed E-state index contributed by atoms with van der Waals surface area (Å²) in [7, 11) is 1.73. The Balaban J connectivity index is 2.35. The topological polar surface area (TPSA) is 44.0 Å². The number of aryl methyl sites for hydroxylation is 1. The smallest absolute Gasteiger partial charge is 0.250 e. The van der Waals surface area contributed by atoms with Crippen LogP contribution in [0.15, 0.2) is 46.2 Å². The molecule has 0 N–H and O–H groups in total. The molecule has 0 spiro atoms. The molecule has 0 unspecified atom stereocenters. The van der Waals surface area contributed by atoms with Gasteiger partial charge in [0.25, 0.3) is 11.1 Å². The summed E-state index contributed by atoms with van der Waals surface area (Å²) in [5.41, 5.74) is 1.58. The van der Waals surface area contributed by atoms with Crippen molar-refractivity contribution in [2.45, 2.75) is 52.0 Å². The third-order valence-corrected chi connectivity index (χ3v) is 4.31. The lowest BCUT2D eigenvalue weighted by Gasteiger charge is -2.27. The van der Waals surface area contributed by atoms with Crippen molar-refractivity contribution in [2.24, 2.45) is 7.05 Å². The van der Waals surface area contributed by atoms with Crippen LogP contribution in [0.25, 0.3) is 0 Å². The van der Waals surface area contributed by atoms with E-state index in [0.717, 1.165) is 11.1 Å². The van der Waals surface area contributed by atoms with Gasteiger partial charge in [0, 0.05) is 43.5 Å². The fourth-order valence-corrected chi connectivity index (χ4v) is 2.59. The molecule has 0 aliphatic rings. The van der Waals surface area contributed by atoms with Crippen LogP contribution >= 0.6 is 0 Å². The molecule has 0 radical (unpaired) electrons. The van der Waals surface area contributed by atoms with Gasteiger partial charge in [-0.1, -0.05) is 34.6 Å². The van der Waals surface area contributed by atoms with Gasteiger partial charge in [0.2, 0.25) is 0 Å². The molecule has 0 fully saturated rings. The first-order valence-corrected chi connectivity index (χ1v) is 7.89. The summed E-state index contributed by atoms with van der Waals surface area (Å²) in [6.07, 6.45) is 3.62. The van der Waals surface area contributed by atoms with Crippen molar-refractivity contribution in [1.82, 2.24) is 9.13 Å². The quantitative estimate of drug-likeness (QED) is 0.874. The third-order valence-electron chi connectivity index (χ3n) is 4.31. The highest BCUT2D eigenvalue weighted by molar-refractivity contribution is 5.23. The van der Waals surface area contributed by atoms with E-state index in [1.807, 2.05) is 32.2 Å². The van der Waals surface area contributed by atoms with Gasteiger partial charge in [0.05, 0.1) is 0 Å². The van der Waals surface area contributed by atoms with Crippen molar-refractivity contribution in [3.63, 3.8) is 0 Å². The van der Waals surface area contributed by atoms with Gasteiger partial charge in [-0.25, -0.2) is 0 Å². The van der Waals surface area contributed by atoms with Gasteiger partial charge >= 0.3 is 0 Å². The van der Waals surface area contributed by atoms with Crippen molar-refractivity contribution >= 4 is 0 Å². The lowest BCUT2D eigenvalue weighted by Crippen LogP contribution is -2.33. The van der Waals surface area contributed by atoms with Gasteiger partial charge in [0.1, 0.15) is 0 Å². The number of rotatable bonds is 3. The van der Waals surface area contributed by atoms with Crippen LogP contribution in [0.1, 0.15) is 45.7 Å². The normalized spacial score (nSPS) is 12.4. The lowest BCUT2D eigenvalue weighted by molar-refractivity contribution is 0.424. The first kappa shape index (κ1) is 17.3. The summed E-state index contributed by atoms with van der Waals surface area (Å²) < 4.78 is 3.26. The molecule has 4 nitrogen and oxygen atoms in total. The Morgan fingerprint density at radius 3 is 1.96 bits per heavy atom. The second-order valence-electron chi connectivity index (χ2n) is 7.88. The summed E-state index contributed by atoms with van der Waals surface area (Å²) in [5.74, 6) is 0. The Bertz CT molecular complexity index is 820. The van der Waals surface area contributed by atoms with Crippen LogP contribution in [0.3, 0.4) is 0 Å². The minimum atomic E-state index is -0.305. The molecule has 0 bridgehead atoms. The second-order valence-corrected chi connectivity index (χ2v) is 7.88. The zero-order valence-electron chi connectivity index (χ0n) is 14.9. The van der Waals surface area contributed by atoms with E-state index in [4.69, 9.17) is 0 Å². The highest BCUT2D eigenvalue weighted by Gasteiger charge is 2.23. The molecule has 2 aromatic rings. The number of hydrogen-bond donors (Lipinski definition) is 0. The lowest BCUT2D eigenvalue weighted by atomic mass is 9.84. The molecule has 0 aromatic carbocycles. The zero-order valence-corrected chi connectivity index (χ0v) is 14.9. The van der Waals surface area contributed by atoms with Gasteiger partial charge in [-0.15, -0.1) is 0 Å². The van der Waals surface area contributed by atoms with E-state index < -0.39 is 0 Å². The number of nitrogens with zero attached hydrogens (tertiary/aromatic N) is 2. The van der Waals surface area contributed by atoms with Crippen LogP contribution in [0.2, 0.25) is 0 Å². The molecule has 2 heterocycles. The Kier molecular flexibility index (Phi) is 4.38. The van der Waals surface area contributed by atoms with Crippen molar-refractivity contribution in [1.29, 1.82) is 0 Å². The average Bonchev–Trinajstić information content (AvgIpc) is 2.42. The summed E-state index contributed by atoms with van der Waals surface area (Å²) in [6, 6.07) is 7.30. The summed E-state index contributed by atoms with van der Waals surface area (Å²) in [4.78, 5) is 24.3. The minimum absolute atomic E-state index is 0.00525. The van der Waals surface area contributed by atoms with Crippen molar-refractivity contribution in [3.8, 4) is 0 Å². The molecule has 0 amide bonds. The Morgan fingerprint density at radius 1 is 0.870 bits per heavy atom. The van der Waals surface area contributed by atoms with Crippen LogP contribution in [0.4, 0.5) is 0 Å². The summed E-state index contributed by atoms with van der Waals surface area (Å²) >= 11 is 0. The molecule has 0 saturated heterocycles. The first-order valence-electron chi connectivity index (χ1n) is 7.89. The molecule has 2 rings (SSSR count). The van der Waals surface area contributed by atoms with E-state index in [9.17, 15) is 9.59 Å². The van der Waals surface area contributed by atoms with E-state index in [1.54, 1.807) is 34.5 Å². The maximum Gasteiger partial charge on any atom is 0.250 e. The molecule has 0 aliphatic carbocycles. The van der Waals surface area contributed by atoms with Gasteiger partial charge in [0.15, 0.2) is 0 Å². The number of pyridine rings is 2. The van der Waals surface area contributed by atoms with Gasteiger partial charge in [-0.3, -0.25) is 9.59 Å². The third kappa shape index (κ3) is 3.81. The molecule has 23 heavy (non-hydrogen) atoms. The van der Waals surface area contributed by atoms with Gasteiger partial charge < -0.3 is 9.13 Å². The predicted octanol–water partition coefficient (Wildman–Crippen LogP) is 2.82. The monoisotopic (exact) mass is 314 g/mol. The second kappa shape index (κ2) is 5.84. The average molecular weight is 314 g/mol. The molecular formula is C19H26N2O2. The highest BCUT2D eigenvalue weighted by atomic mass is 16.1. The standard InChI is InChI=1S/C19H26N2O2/c1-18(2,3)14-8-10-21(17(23)11-14)13-19(4,5)15-7-9-20(6)16(22)12-15/h7-12H,13H2,1-6H3. The molecular weight excluding hydrogens is 288 g/mol. The molecule has 2 aromatic heterocycles. The maximum absolute atomic E-state index is 12.4. The SMILES string of the molecule is Cn1ccc(C(C)(C)Cn2ccc(C(C)(C)C)cc2=O)cc1=O. The number of hydrogen-bond acceptors (Lipinski definition) is 2. The van der Waals surface area contributed by atoms with Crippen molar-refractivity contribution in [2.75, 3.05) is 0 Å². The molecule has 124 valence electrons. The summed E-state index contributed by atoms with van der Waals surface area (Å²) in [6.45, 7) is 10.9. The summed E-state index contributed by atoms with van der Waals surface area (Å²) in [5, 5.41) is 0. The van der Waals surface area contributed by atoms with Crippen molar-refractivity contribution < 1.29 is 0 Å². The predicted molar refractivity (Wildman–Crippen MR) is 94.1 cm³/mol. The number of aromatic nitrogens is 2. The van der Waals surface area contributed by atoms with E-state index in [1.165, 1.54) is 0 Å². The highest BCUT2D eigenvalue weighted by Crippen LogP contribution is 2.24. The van der Waals surface area contributed by atoms with E-state index >= 15 is 0 Å². The maximum atomic E-state index is 12.4. The largest absolute Gasteiger partial charge is 0.319 e. The van der Waals surface area contributed by atoms with Crippen LogP contribution in [0, 0.1) is 0 Å². The Morgan fingerprint density at radius 2 is 1.43 bits per heavy atom. The van der Waals surface area contributed by atoms with Gasteiger partial charge in [-0.2, -0.15) is 0 Å². The molecule has 0 atom stereocenters. The fourth-order valence-electron chi connectivity index (χ4n) is 2.59. The Hall–Kier alpha value is -2.10. The molecule has 4 heteroatoms. The zero-order chi connectivity index (χ0) is 17.4.